The van der Waals surface area contributed by atoms with Gasteiger partial charge in [-0.1, -0.05) is 12.1 Å². The van der Waals surface area contributed by atoms with Crippen molar-refractivity contribution in [1.82, 2.24) is 4.98 Å². The van der Waals surface area contributed by atoms with Crippen LogP contribution in [-0.4, -0.2) is 23.3 Å². The first kappa shape index (κ1) is 19.9. The molecule has 0 atom stereocenters. The Morgan fingerprint density at radius 2 is 1.79 bits per heavy atom. The maximum absolute atomic E-state index is 12.5. The number of hydrogen-bond acceptors (Lipinski definition) is 5. The average Bonchev–Trinajstić information content (AvgIpc) is 2.73. The van der Waals surface area contributed by atoms with Gasteiger partial charge in [-0.25, -0.2) is 0 Å². The molecule has 7 heteroatoms. The van der Waals surface area contributed by atoms with Gasteiger partial charge in [0, 0.05) is 29.7 Å². The number of rotatable bonds is 8. The molecule has 148 valence electrons. The van der Waals surface area contributed by atoms with E-state index in [4.69, 9.17) is 10.5 Å². The summed E-state index contributed by atoms with van der Waals surface area (Å²) in [6.07, 6.45) is 2.89. The average molecular weight is 390 g/mol. The SMILES string of the molecule is CCNc1ccc(C(=O)Nc2cccc(COc3cncc(C(N)=O)c3)c2)cc1. The lowest BCUT2D eigenvalue weighted by molar-refractivity contribution is 0.0997. The van der Waals surface area contributed by atoms with Crippen LogP contribution in [0.5, 0.6) is 5.75 Å². The number of amides is 2. The summed E-state index contributed by atoms with van der Waals surface area (Å²) in [5.41, 5.74) is 8.59. The molecule has 7 nitrogen and oxygen atoms in total. The number of hydrogen-bond donors (Lipinski definition) is 3. The van der Waals surface area contributed by atoms with Crippen molar-refractivity contribution >= 4 is 23.2 Å². The molecule has 0 bridgehead atoms. The van der Waals surface area contributed by atoms with Crippen molar-refractivity contribution in [3.63, 3.8) is 0 Å². The Labute approximate surface area is 168 Å². The predicted octanol–water partition coefficient (Wildman–Crippen LogP) is 3.44. The molecule has 0 saturated heterocycles. The number of aromatic nitrogens is 1. The van der Waals surface area contributed by atoms with Gasteiger partial charge in [-0.05, 0) is 55.0 Å². The maximum atomic E-state index is 12.5. The van der Waals surface area contributed by atoms with E-state index < -0.39 is 5.91 Å². The quantitative estimate of drug-likeness (QED) is 0.546. The molecule has 3 aromatic rings. The molecule has 29 heavy (non-hydrogen) atoms. The van der Waals surface area contributed by atoms with Gasteiger partial charge >= 0.3 is 0 Å². The maximum Gasteiger partial charge on any atom is 0.255 e. The molecule has 2 amide bonds. The Morgan fingerprint density at radius 1 is 1.00 bits per heavy atom. The Hall–Kier alpha value is -3.87. The molecule has 0 aliphatic carbocycles. The minimum atomic E-state index is -0.564. The van der Waals surface area contributed by atoms with Crippen molar-refractivity contribution in [2.24, 2.45) is 5.73 Å². The van der Waals surface area contributed by atoms with Gasteiger partial charge in [-0.2, -0.15) is 0 Å². The molecule has 2 aromatic carbocycles. The van der Waals surface area contributed by atoms with Crippen molar-refractivity contribution < 1.29 is 14.3 Å². The third kappa shape index (κ3) is 5.55. The Kier molecular flexibility index (Phi) is 6.42. The van der Waals surface area contributed by atoms with E-state index >= 15 is 0 Å². The summed E-state index contributed by atoms with van der Waals surface area (Å²) >= 11 is 0. The highest BCUT2D eigenvalue weighted by molar-refractivity contribution is 6.04. The number of primary amides is 1. The molecule has 1 aromatic heterocycles. The lowest BCUT2D eigenvalue weighted by Crippen LogP contribution is -2.12. The summed E-state index contributed by atoms with van der Waals surface area (Å²) in [5.74, 6) is -0.313. The van der Waals surface area contributed by atoms with Crippen LogP contribution in [0, 0.1) is 0 Å². The van der Waals surface area contributed by atoms with E-state index in [9.17, 15) is 9.59 Å². The Bertz CT molecular complexity index is 1000. The molecule has 4 N–H and O–H groups in total. The summed E-state index contributed by atoms with van der Waals surface area (Å²) in [6.45, 7) is 3.09. The molecule has 0 fully saturated rings. The summed E-state index contributed by atoms with van der Waals surface area (Å²) in [5, 5.41) is 6.08. The highest BCUT2D eigenvalue weighted by Crippen LogP contribution is 2.17. The predicted molar refractivity (Wildman–Crippen MR) is 112 cm³/mol. The minimum Gasteiger partial charge on any atom is -0.487 e. The normalized spacial score (nSPS) is 10.2. The summed E-state index contributed by atoms with van der Waals surface area (Å²) in [6, 6.07) is 16.2. The molecular weight excluding hydrogens is 368 g/mol. The summed E-state index contributed by atoms with van der Waals surface area (Å²) < 4.78 is 5.67. The Morgan fingerprint density at radius 3 is 2.52 bits per heavy atom. The fourth-order valence-electron chi connectivity index (χ4n) is 2.68. The molecule has 3 rings (SSSR count). The van der Waals surface area contributed by atoms with E-state index in [-0.39, 0.29) is 18.1 Å². The van der Waals surface area contributed by atoms with Gasteiger partial charge in [0.15, 0.2) is 0 Å². The van der Waals surface area contributed by atoms with Crippen LogP contribution in [0.1, 0.15) is 33.2 Å². The van der Waals surface area contributed by atoms with Gasteiger partial charge in [0.2, 0.25) is 5.91 Å². The van der Waals surface area contributed by atoms with Crippen LogP contribution in [0.25, 0.3) is 0 Å². The third-order valence-electron chi connectivity index (χ3n) is 4.12. The van der Waals surface area contributed by atoms with E-state index in [2.05, 4.69) is 15.6 Å². The largest absolute Gasteiger partial charge is 0.487 e. The molecule has 1 heterocycles. The van der Waals surface area contributed by atoms with Crippen LogP contribution in [0.2, 0.25) is 0 Å². The number of benzene rings is 2. The number of ether oxygens (including phenoxy) is 1. The molecule has 0 radical (unpaired) electrons. The van der Waals surface area contributed by atoms with Gasteiger partial charge in [-0.15, -0.1) is 0 Å². The van der Waals surface area contributed by atoms with Crippen LogP contribution in [0.3, 0.4) is 0 Å². The summed E-state index contributed by atoms with van der Waals surface area (Å²) in [7, 11) is 0. The second-order valence-corrected chi connectivity index (χ2v) is 6.32. The number of carbonyl (C=O) groups is 2. The van der Waals surface area contributed by atoms with E-state index in [1.165, 1.54) is 18.5 Å². The summed E-state index contributed by atoms with van der Waals surface area (Å²) in [4.78, 5) is 27.6. The van der Waals surface area contributed by atoms with Crippen molar-refractivity contribution in [2.75, 3.05) is 17.2 Å². The van der Waals surface area contributed by atoms with E-state index in [0.29, 0.717) is 17.0 Å². The van der Waals surface area contributed by atoms with Gasteiger partial charge in [0.25, 0.3) is 5.91 Å². The van der Waals surface area contributed by atoms with Gasteiger partial charge in [0.05, 0.1) is 11.8 Å². The van der Waals surface area contributed by atoms with Crippen LogP contribution in [0.15, 0.2) is 67.0 Å². The van der Waals surface area contributed by atoms with Gasteiger partial charge < -0.3 is 21.1 Å². The highest BCUT2D eigenvalue weighted by atomic mass is 16.5. The van der Waals surface area contributed by atoms with Crippen LogP contribution in [0.4, 0.5) is 11.4 Å². The van der Waals surface area contributed by atoms with Crippen molar-refractivity contribution in [1.29, 1.82) is 0 Å². The molecule has 0 spiro atoms. The smallest absolute Gasteiger partial charge is 0.255 e. The zero-order valence-corrected chi connectivity index (χ0v) is 16.0. The highest BCUT2D eigenvalue weighted by Gasteiger charge is 2.07. The molecule has 0 aliphatic heterocycles. The Balaban J connectivity index is 1.62. The monoisotopic (exact) mass is 390 g/mol. The minimum absolute atomic E-state index is 0.190. The second-order valence-electron chi connectivity index (χ2n) is 6.32. The molecular formula is C22H22N4O3. The molecule has 0 aliphatic rings. The standard InChI is InChI=1S/C22H22N4O3/c1-2-25-18-8-6-16(7-9-18)22(28)26-19-5-3-4-15(10-19)14-29-20-11-17(21(23)27)12-24-13-20/h3-13,25H,2,14H2,1H3,(H2,23,27)(H,26,28). The van der Waals surface area contributed by atoms with Gasteiger partial charge in [0.1, 0.15) is 12.4 Å². The number of nitrogens with two attached hydrogens (primary N) is 1. The van der Waals surface area contributed by atoms with E-state index in [0.717, 1.165) is 17.8 Å². The second kappa shape index (κ2) is 9.36. The van der Waals surface area contributed by atoms with Crippen molar-refractivity contribution in [3.8, 4) is 5.75 Å². The van der Waals surface area contributed by atoms with E-state index in [1.54, 1.807) is 12.1 Å². The van der Waals surface area contributed by atoms with Crippen LogP contribution >= 0.6 is 0 Å². The molecule has 0 saturated carbocycles. The zero-order valence-electron chi connectivity index (χ0n) is 16.0. The topological polar surface area (TPSA) is 106 Å². The third-order valence-corrected chi connectivity index (χ3v) is 4.12. The number of nitrogens with one attached hydrogen (secondary N) is 2. The first-order chi connectivity index (χ1) is 14.0. The lowest BCUT2D eigenvalue weighted by Gasteiger charge is -2.10. The van der Waals surface area contributed by atoms with Crippen LogP contribution < -0.4 is 21.1 Å². The molecule has 0 unspecified atom stereocenters. The van der Waals surface area contributed by atoms with Crippen LogP contribution in [-0.2, 0) is 6.61 Å². The number of carbonyl (C=O) groups excluding carboxylic acids is 2. The fourth-order valence-corrected chi connectivity index (χ4v) is 2.68. The zero-order chi connectivity index (χ0) is 20.6. The van der Waals surface area contributed by atoms with Gasteiger partial charge in [-0.3, -0.25) is 14.6 Å². The fraction of sp³-hybridized carbons (Fsp3) is 0.136. The number of pyridine rings is 1. The van der Waals surface area contributed by atoms with E-state index in [1.807, 2.05) is 43.3 Å². The number of nitrogens with zero attached hydrogens (tertiary/aromatic N) is 1. The first-order valence-electron chi connectivity index (χ1n) is 9.17. The number of anilines is 2. The lowest BCUT2D eigenvalue weighted by atomic mass is 10.1. The van der Waals surface area contributed by atoms with Crippen molar-refractivity contribution in [2.45, 2.75) is 13.5 Å². The van der Waals surface area contributed by atoms with Crippen molar-refractivity contribution in [3.05, 3.63) is 83.7 Å². The first-order valence-corrected chi connectivity index (χ1v) is 9.17.